The molecule has 25 heavy (non-hydrogen) atoms. The number of nitrogen functional groups attached to an aromatic ring is 1. The molecule has 0 saturated carbocycles. The van der Waals surface area contributed by atoms with E-state index in [0.29, 0.717) is 16.9 Å². The van der Waals surface area contributed by atoms with E-state index in [1.54, 1.807) is 48.5 Å². The first-order valence-electron chi connectivity index (χ1n) is 7.63. The minimum Gasteiger partial charge on any atom is -0.397 e. The van der Waals surface area contributed by atoms with Crippen LogP contribution in [0.5, 0.6) is 0 Å². The molecular weight excluding hydrogens is 334 g/mol. The highest BCUT2D eigenvalue weighted by Crippen LogP contribution is 2.20. The number of hydrogen-bond donors (Lipinski definition) is 2. The first-order chi connectivity index (χ1) is 12.1. The zero-order valence-electron chi connectivity index (χ0n) is 13.3. The summed E-state index contributed by atoms with van der Waals surface area (Å²) in [6.45, 7) is 0. The van der Waals surface area contributed by atoms with Crippen LogP contribution in [0.1, 0.15) is 5.56 Å². The molecule has 0 fully saturated rings. The van der Waals surface area contributed by atoms with E-state index in [1.807, 2.05) is 24.3 Å². The molecule has 0 aliphatic heterocycles. The van der Waals surface area contributed by atoms with Crippen molar-refractivity contribution >= 4 is 27.2 Å². The molecule has 0 atom stereocenters. The van der Waals surface area contributed by atoms with Crippen LogP contribution in [0, 0.1) is 0 Å². The molecule has 0 unspecified atom stereocenters. The van der Waals surface area contributed by atoms with Crippen molar-refractivity contribution in [3.05, 3.63) is 90.5 Å². The lowest BCUT2D eigenvalue weighted by Crippen LogP contribution is -2.17. The van der Waals surface area contributed by atoms with E-state index < -0.39 is 10.0 Å². The van der Waals surface area contributed by atoms with Gasteiger partial charge in [0.05, 0.1) is 16.3 Å². The highest BCUT2D eigenvalue weighted by atomic mass is 32.2. The minimum atomic E-state index is -3.86. The highest BCUT2D eigenvalue weighted by molar-refractivity contribution is 7.90. The number of nitrogens with two attached hydrogens (primary N) is 1. The van der Waals surface area contributed by atoms with Gasteiger partial charge < -0.3 is 11.1 Å². The molecular formula is C19H17N3O2S. The van der Waals surface area contributed by atoms with Gasteiger partial charge in [0.2, 0.25) is 0 Å². The second-order valence-corrected chi connectivity index (χ2v) is 6.91. The maximum atomic E-state index is 12.6. The third-order valence-corrected chi connectivity index (χ3v) is 4.80. The fourth-order valence-electron chi connectivity index (χ4n) is 2.25. The molecule has 0 spiro atoms. The van der Waals surface area contributed by atoms with Crippen LogP contribution in [0.2, 0.25) is 0 Å². The lowest BCUT2D eigenvalue weighted by atomic mass is 10.2. The topological polar surface area (TPSA) is 84.5 Å². The molecule has 0 aliphatic carbocycles. The summed E-state index contributed by atoms with van der Waals surface area (Å²) in [6.07, 6.45) is 0. The maximum Gasteiger partial charge on any atom is 0.284 e. The molecule has 0 radical (unpaired) electrons. The van der Waals surface area contributed by atoms with Crippen molar-refractivity contribution in [2.45, 2.75) is 4.90 Å². The van der Waals surface area contributed by atoms with Gasteiger partial charge in [-0.1, -0.05) is 60.7 Å². The first-order valence-corrected chi connectivity index (χ1v) is 9.07. The van der Waals surface area contributed by atoms with Gasteiger partial charge in [0.15, 0.2) is 5.84 Å². The second kappa shape index (κ2) is 7.19. The predicted molar refractivity (Wildman–Crippen MR) is 101 cm³/mol. The molecule has 3 aromatic carbocycles. The van der Waals surface area contributed by atoms with Gasteiger partial charge in [-0.25, -0.2) is 0 Å². The number of amidine groups is 1. The summed E-state index contributed by atoms with van der Waals surface area (Å²) >= 11 is 0. The molecule has 3 rings (SSSR count). The van der Waals surface area contributed by atoms with Crippen molar-refractivity contribution in [1.29, 1.82) is 0 Å². The third-order valence-electron chi connectivity index (χ3n) is 3.51. The number of nitrogens with zero attached hydrogens (tertiary/aromatic N) is 1. The molecule has 0 saturated heterocycles. The van der Waals surface area contributed by atoms with Crippen molar-refractivity contribution in [1.82, 2.24) is 0 Å². The maximum absolute atomic E-state index is 12.6. The van der Waals surface area contributed by atoms with Gasteiger partial charge in [-0.15, -0.1) is 4.40 Å². The van der Waals surface area contributed by atoms with E-state index >= 15 is 0 Å². The smallest absolute Gasteiger partial charge is 0.284 e. The average Bonchev–Trinajstić information content (AvgIpc) is 2.64. The van der Waals surface area contributed by atoms with E-state index in [-0.39, 0.29) is 10.7 Å². The highest BCUT2D eigenvalue weighted by Gasteiger charge is 2.15. The van der Waals surface area contributed by atoms with Crippen LogP contribution in [0.3, 0.4) is 0 Å². The Morgan fingerprint density at radius 3 is 2.00 bits per heavy atom. The Balaban J connectivity index is 2.07. The summed E-state index contributed by atoms with van der Waals surface area (Å²) < 4.78 is 29.3. The lowest BCUT2D eigenvalue weighted by Gasteiger charge is -2.12. The molecule has 126 valence electrons. The van der Waals surface area contributed by atoms with Crippen LogP contribution in [0.4, 0.5) is 11.4 Å². The van der Waals surface area contributed by atoms with Crippen LogP contribution in [-0.4, -0.2) is 14.3 Å². The number of nitrogens with one attached hydrogen (secondary N) is 1. The van der Waals surface area contributed by atoms with Crippen LogP contribution < -0.4 is 11.1 Å². The second-order valence-electron chi connectivity index (χ2n) is 5.31. The SMILES string of the molecule is Nc1ccccc1N/C(=N/S(=O)(=O)c1ccccc1)c1ccccc1. The van der Waals surface area contributed by atoms with Gasteiger partial charge in [-0.05, 0) is 24.3 Å². The van der Waals surface area contributed by atoms with Crippen molar-refractivity contribution in [3.63, 3.8) is 0 Å². The Bertz CT molecular complexity index is 985. The quantitative estimate of drug-likeness (QED) is 0.428. The molecule has 0 aromatic heterocycles. The minimum absolute atomic E-state index is 0.131. The summed E-state index contributed by atoms with van der Waals surface area (Å²) in [7, 11) is -3.86. The van der Waals surface area contributed by atoms with Crippen LogP contribution in [-0.2, 0) is 10.0 Å². The number of rotatable bonds is 4. The molecule has 0 aliphatic rings. The van der Waals surface area contributed by atoms with E-state index in [4.69, 9.17) is 5.73 Å². The van der Waals surface area contributed by atoms with Crippen LogP contribution in [0.15, 0.2) is 94.2 Å². The summed E-state index contributed by atoms with van der Waals surface area (Å²) in [5, 5.41) is 3.04. The lowest BCUT2D eigenvalue weighted by molar-refractivity contribution is 0.598. The fourth-order valence-corrected chi connectivity index (χ4v) is 3.25. The van der Waals surface area contributed by atoms with Gasteiger partial charge in [0, 0.05) is 5.56 Å². The van der Waals surface area contributed by atoms with Crippen molar-refractivity contribution in [2.24, 2.45) is 4.40 Å². The van der Waals surface area contributed by atoms with E-state index in [2.05, 4.69) is 9.71 Å². The number of sulfonamides is 1. The summed E-state index contributed by atoms with van der Waals surface area (Å²) in [5.74, 6) is 0.211. The first kappa shape index (κ1) is 16.7. The zero-order chi connectivity index (χ0) is 17.7. The standard InChI is InChI=1S/C19H17N3O2S/c20-17-13-7-8-14-18(17)21-19(15-9-3-1-4-10-15)22-25(23,24)16-11-5-2-6-12-16/h1-14H,20H2,(H,21,22). The fraction of sp³-hybridized carbons (Fsp3) is 0. The molecule has 0 amide bonds. The van der Waals surface area contributed by atoms with E-state index in [1.165, 1.54) is 12.1 Å². The Labute approximate surface area is 146 Å². The van der Waals surface area contributed by atoms with Crippen molar-refractivity contribution in [3.8, 4) is 0 Å². The Morgan fingerprint density at radius 2 is 1.36 bits per heavy atom. The van der Waals surface area contributed by atoms with E-state index in [9.17, 15) is 8.42 Å². The normalized spacial score (nSPS) is 11.9. The van der Waals surface area contributed by atoms with Gasteiger partial charge in [0.25, 0.3) is 10.0 Å². The van der Waals surface area contributed by atoms with Crippen LogP contribution >= 0.6 is 0 Å². The third kappa shape index (κ3) is 4.05. The Kier molecular flexibility index (Phi) is 4.81. The molecule has 3 aromatic rings. The molecule has 5 nitrogen and oxygen atoms in total. The summed E-state index contributed by atoms with van der Waals surface area (Å²) in [5.41, 5.74) is 7.69. The van der Waals surface area contributed by atoms with Crippen molar-refractivity contribution in [2.75, 3.05) is 11.1 Å². The molecule has 0 heterocycles. The predicted octanol–water partition coefficient (Wildman–Crippen LogP) is 3.52. The number of hydrogen-bond acceptors (Lipinski definition) is 3. The van der Waals surface area contributed by atoms with Gasteiger partial charge in [-0.3, -0.25) is 0 Å². The summed E-state index contributed by atoms with van der Waals surface area (Å²) in [4.78, 5) is 0.131. The van der Waals surface area contributed by atoms with Crippen LogP contribution in [0.25, 0.3) is 0 Å². The monoisotopic (exact) mass is 351 g/mol. The molecule has 0 bridgehead atoms. The number of anilines is 2. The van der Waals surface area contributed by atoms with Crippen molar-refractivity contribution < 1.29 is 8.42 Å². The van der Waals surface area contributed by atoms with Gasteiger partial charge in [0.1, 0.15) is 0 Å². The zero-order valence-corrected chi connectivity index (χ0v) is 14.1. The van der Waals surface area contributed by atoms with Gasteiger partial charge >= 0.3 is 0 Å². The number of para-hydroxylation sites is 2. The average molecular weight is 351 g/mol. The summed E-state index contributed by atoms with van der Waals surface area (Å²) in [6, 6.07) is 24.3. The Morgan fingerprint density at radius 1 is 0.800 bits per heavy atom. The molecule has 6 heteroatoms. The molecule has 3 N–H and O–H groups in total. The largest absolute Gasteiger partial charge is 0.397 e. The number of benzene rings is 3. The Hall–Kier alpha value is -3.12. The van der Waals surface area contributed by atoms with Gasteiger partial charge in [-0.2, -0.15) is 8.42 Å². The van der Waals surface area contributed by atoms with E-state index in [0.717, 1.165) is 0 Å².